The van der Waals surface area contributed by atoms with Gasteiger partial charge in [-0.25, -0.2) is 0 Å². The van der Waals surface area contributed by atoms with Crippen LogP contribution in [0.1, 0.15) is 184 Å². The Morgan fingerprint density at radius 2 is 1.00 bits per heavy atom. The molecular formula is C89H95BN4S. The van der Waals surface area contributed by atoms with Gasteiger partial charge in [0.25, 0.3) is 6.71 Å². The molecule has 2 aliphatic carbocycles. The van der Waals surface area contributed by atoms with Crippen LogP contribution in [0, 0.1) is 11.3 Å². The average Bonchev–Trinajstić information content (AvgIpc) is 1.56. The van der Waals surface area contributed by atoms with Crippen molar-refractivity contribution in [3.63, 3.8) is 0 Å². The maximum absolute atomic E-state index is 2.76. The summed E-state index contributed by atoms with van der Waals surface area (Å²) in [5, 5.41) is 3.94. The monoisotopic (exact) mass is 1260 g/mol. The minimum absolute atomic E-state index is 0.00394. The van der Waals surface area contributed by atoms with Gasteiger partial charge in [-0.15, -0.1) is 11.3 Å². The highest BCUT2D eigenvalue weighted by Crippen LogP contribution is 2.57. The standard InChI is InChI=1S/C89H95BN4S/c1-83(2,3)54-28-37-60(38-29-54)91(61-39-30-55(31-40-61)84(4,5)6)64-45-47-71-74(51-64)93(73-27-23-25-67-66-46-36-58(87(13,14)15)50-77(66)95-82(67)73)75-52-65(92(62-41-32-56(33-42-62)85(7,8)9)63-43-34-57(35-44-63)86(10,11)12)53-76-79(75)90(71)72-49-59(88(16,17)18)48-69-78-81(94(76)80(69)72)68-24-21-22-26-70(68)89(78,19)20/h21-34,36-53,57H,35H2,1-20H3. The van der Waals surface area contributed by atoms with Gasteiger partial charge in [-0.2, -0.15) is 0 Å². The van der Waals surface area contributed by atoms with Gasteiger partial charge < -0.3 is 19.3 Å². The highest BCUT2D eigenvalue weighted by Gasteiger charge is 2.49. The van der Waals surface area contributed by atoms with Gasteiger partial charge in [0.05, 0.1) is 21.8 Å². The Hall–Kier alpha value is -8.32. The van der Waals surface area contributed by atoms with Crippen molar-refractivity contribution in [3.8, 4) is 16.9 Å². The van der Waals surface area contributed by atoms with E-state index in [9.17, 15) is 0 Å². The van der Waals surface area contributed by atoms with E-state index >= 15 is 0 Å². The Balaban J connectivity index is 1.10. The number of thiophene rings is 1. The summed E-state index contributed by atoms with van der Waals surface area (Å²) in [5.41, 5.74) is 28.7. The van der Waals surface area contributed by atoms with Crippen LogP contribution in [-0.4, -0.2) is 11.3 Å². The van der Waals surface area contributed by atoms with Crippen molar-refractivity contribution in [3.05, 3.63) is 239 Å². The molecule has 0 N–H and O–H groups in total. The van der Waals surface area contributed by atoms with Crippen LogP contribution < -0.4 is 31.1 Å². The first-order chi connectivity index (χ1) is 44.7. The highest BCUT2D eigenvalue weighted by molar-refractivity contribution is 7.26. The topological polar surface area (TPSA) is 14.7 Å². The van der Waals surface area contributed by atoms with E-state index in [1.165, 1.54) is 126 Å². The largest absolute Gasteiger partial charge is 0.311 e. The summed E-state index contributed by atoms with van der Waals surface area (Å²) < 4.78 is 5.35. The van der Waals surface area contributed by atoms with Gasteiger partial charge in [0.15, 0.2) is 0 Å². The number of fused-ring (bicyclic) bond motifs is 12. The van der Waals surface area contributed by atoms with E-state index < -0.39 is 0 Å². The second-order valence-electron chi connectivity index (χ2n) is 34.8. The first kappa shape index (κ1) is 62.8. The minimum Gasteiger partial charge on any atom is -0.311 e. The molecule has 0 radical (unpaired) electrons. The van der Waals surface area contributed by atoms with Crippen LogP contribution in [0.25, 0.3) is 48.0 Å². The van der Waals surface area contributed by atoms with Gasteiger partial charge in [0, 0.05) is 82.9 Å². The van der Waals surface area contributed by atoms with Crippen LogP contribution in [0.2, 0.25) is 0 Å². The van der Waals surface area contributed by atoms with Crippen molar-refractivity contribution < 1.29 is 0 Å². The van der Waals surface area contributed by atoms with Crippen LogP contribution in [-0.2, 0) is 32.5 Å². The van der Waals surface area contributed by atoms with Crippen molar-refractivity contribution in [2.45, 2.75) is 177 Å². The third kappa shape index (κ3) is 10.2. The molecule has 95 heavy (non-hydrogen) atoms. The van der Waals surface area contributed by atoms with E-state index in [-0.39, 0.29) is 44.6 Å². The normalized spacial score (nSPS) is 15.9. The molecule has 1 atom stereocenters. The Morgan fingerprint density at radius 1 is 0.453 bits per heavy atom. The molecule has 4 heterocycles. The summed E-state index contributed by atoms with van der Waals surface area (Å²) in [7, 11) is 0. The van der Waals surface area contributed by atoms with Gasteiger partial charge in [-0.3, -0.25) is 0 Å². The maximum atomic E-state index is 2.76. The molecule has 0 saturated carbocycles. The number of aromatic nitrogens is 1. The lowest BCUT2D eigenvalue weighted by Crippen LogP contribution is -2.60. The fourth-order valence-corrected chi connectivity index (χ4v) is 17.3. The molecule has 6 heteroatoms. The molecule has 0 saturated heterocycles. The molecule has 11 aromatic rings. The van der Waals surface area contributed by atoms with Crippen LogP contribution in [0.5, 0.6) is 0 Å². The van der Waals surface area contributed by atoms with Gasteiger partial charge in [0.1, 0.15) is 0 Å². The average molecular weight is 1260 g/mol. The molecule has 4 nitrogen and oxygen atoms in total. The fraction of sp³-hybridized carbons (Fsp3) is 0.326. The van der Waals surface area contributed by atoms with E-state index in [1.54, 1.807) is 0 Å². The first-order valence-corrected chi connectivity index (χ1v) is 35.7. The van der Waals surface area contributed by atoms with E-state index in [4.69, 9.17) is 0 Å². The number of anilines is 8. The molecule has 2 aromatic heterocycles. The second kappa shape index (κ2) is 21.3. The smallest absolute Gasteiger partial charge is 0.252 e. The predicted octanol–water partition coefficient (Wildman–Crippen LogP) is 23.5. The van der Waals surface area contributed by atoms with Gasteiger partial charge in [-0.05, 0) is 185 Å². The second-order valence-corrected chi connectivity index (χ2v) is 35.9. The van der Waals surface area contributed by atoms with Crippen LogP contribution in [0.15, 0.2) is 200 Å². The van der Waals surface area contributed by atoms with Crippen molar-refractivity contribution >= 4 is 111 Å². The number of allylic oxidation sites excluding steroid dienone is 3. The molecule has 9 aromatic carbocycles. The van der Waals surface area contributed by atoms with E-state index in [0.717, 1.165) is 34.9 Å². The number of hydrogen-bond donors (Lipinski definition) is 0. The number of rotatable bonds is 7. The molecule has 15 rings (SSSR count). The quantitative estimate of drug-likeness (QED) is 0.148. The molecule has 2 aliphatic heterocycles. The summed E-state index contributed by atoms with van der Waals surface area (Å²) >= 11 is 1.94. The van der Waals surface area contributed by atoms with Crippen molar-refractivity contribution in [1.82, 2.24) is 4.57 Å². The van der Waals surface area contributed by atoms with Gasteiger partial charge >= 0.3 is 0 Å². The maximum Gasteiger partial charge on any atom is 0.252 e. The van der Waals surface area contributed by atoms with Gasteiger partial charge in [-0.1, -0.05) is 248 Å². The summed E-state index contributed by atoms with van der Waals surface area (Å²) in [5.74, 6) is 0.408. The number of hydrogen-bond acceptors (Lipinski definition) is 4. The summed E-state index contributed by atoms with van der Waals surface area (Å²) in [6.07, 6.45) is 8.40. The Morgan fingerprint density at radius 3 is 1.57 bits per heavy atom. The van der Waals surface area contributed by atoms with Crippen molar-refractivity contribution in [2.75, 3.05) is 14.7 Å². The predicted molar refractivity (Wildman–Crippen MR) is 415 cm³/mol. The van der Waals surface area contributed by atoms with E-state index in [0.29, 0.717) is 5.92 Å². The molecule has 480 valence electrons. The third-order valence-corrected chi connectivity index (χ3v) is 22.9. The third-order valence-electron chi connectivity index (χ3n) is 21.7. The molecule has 0 fully saturated rings. The summed E-state index contributed by atoms with van der Waals surface area (Å²) in [6.45, 7) is 47.1. The zero-order chi connectivity index (χ0) is 67.2. The fourth-order valence-electron chi connectivity index (χ4n) is 16.0. The Labute approximate surface area is 571 Å². The SMILES string of the molecule is CC(C)(C)c1ccc(N(C2=CCC(C(C)(C)C)C=C2)c2cc3c4c(c2)-n2c5c(c6cc(C(C)(C)C)cc(c62)B4c2ccc(N(c4ccc(C(C)(C)C)cc4)c4ccc(C(C)(C)C)cc4)cc2N3c2cccc3c2sc2cc(C(C)(C)C)ccc23)C(C)(C)c2ccccc2-5)cc1. The lowest BCUT2D eigenvalue weighted by Gasteiger charge is -2.42. The lowest BCUT2D eigenvalue weighted by molar-refractivity contribution is 0.293. The van der Waals surface area contributed by atoms with Crippen LogP contribution in [0.4, 0.5) is 45.5 Å². The molecule has 0 amide bonds. The molecular weight excluding hydrogens is 1170 g/mol. The first-order valence-electron chi connectivity index (χ1n) is 34.9. The Kier molecular flexibility index (Phi) is 14.1. The number of benzene rings is 9. The van der Waals surface area contributed by atoms with Gasteiger partial charge in [0.2, 0.25) is 0 Å². The Bertz CT molecular complexity index is 4940. The summed E-state index contributed by atoms with van der Waals surface area (Å²) in [4.78, 5) is 7.82. The highest BCUT2D eigenvalue weighted by atomic mass is 32.1. The molecule has 0 spiro atoms. The molecule has 1 unspecified atom stereocenters. The zero-order valence-corrected chi connectivity index (χ0v) is 60.9. The molecule has 0 bridgehead atoms. The van der Waals surface area contributed by atoms with E-state index in [2.05, 4.69) is 352 Å². The van der Waals surface area contributed by atoms with Crippen molar-refractivity contribution in [1.29, 1.82) is 0 Å². The lowest BCUT2D eigenvalue weighted by atomic mass is 9.33. The zero-order valence-electron chi connectivity index (χ0n) is 60.0. The molecule has 4 aliphatic rings. The minimum atomic E-state index is -0.270. The number of nitrogens with zero attached hydrogens (tertiary/aromatic N) is 4. The van der Waals surface area contributed by atoms with Crippen LogP contribution in [0.3, 0.4) is 0 Å². The van der Waals surface area contributed by atoms with E-state index in [1.807, 2.05) is 11.3 Å². The van der Waals surface area contributed by atoms with Crippen LogP contribution >= 0.6 is 11.3 Å². The summed E-state index contributed by atoms with van der Waals surface area (Å²) in [6, 6.07) is 69.8. The van der Waals surface area contributed by atoms with Crippen molar-refractivity contribution in [2.24, 2.45) is 11.3 Å².